The van der Waals surface area contributed by atoms with E-state index in [-0.39, 0.29) is 0 Å². The van der Waals surface area contributed by atoms with E-state index in [9.17, 15) is 0 Å². The van der Waals surface area contributed by atoms with Crippen molar-refractivity contribution in [1.82, 2.24) is 15.0 Å². The molecule has 0 aliphatic carbocycles. The lowest BCUT2D eigenvalue weighted by Gasteiger charge is -2.10. The molecule has 224 valence electrons. The third kappa shape index (κ3) is 4.08. The molecule has 0 N–H and O–H groups in total. The fourth-order valence-electron chi connectivity index (χ4n) is 6.99. The Labute approximate surface area is 274 Å². The van der Waals surface area contributed by atoms with Crippen molar-refractivity contribution in [2.24, 2.45) is 0 Å². The van der Waals surface area contributed by atoms with Crippen LogP contribution in [0.4, 0.5) is 0 Å². The summed E-state index contributed by atoms with van der Waals surface area (Å²) in [7, 11) is 0. The summed E-state index contributed by atoms with van der Waals surface area (Å²) in [6.07, 6.45) is 0. The van der Waals surface area contributed by atoms with E-state index in [1.807, 2.05) is 84.9 Å². The minimum Gasteiger partial charge on any atom is -0.456 e. The maximum Gasteiger partial charge on any atom is 0.164 e. The van der Waals surface area contributed by atoms with E-state index >= 15 is 0 Å². The average molecular weight is 616 g/mol. The monoisotopic (exact) mass is 615 g/mol. The van der Waals surface area contributed by atoms with Crippen molar-refractivity contribution in [2.45, 2.75) is 0 Å². The Morgan fingerprint density at radius 1 is 0.375 bits per heavy atom. The normalized spacial score (nSPS) is 11.8. The smallest absolute Gasteiger partial charge is 0.164 e. The van der Waals surface area contributed by atoms with Gasteiger partial charge in [-0.25, -0.2) is 15.0 Å². The zero-order valence-corrected chi connectivity index (χ0v) is 25.6. The van der Waals surface area contributed by atoms with Gasteiger partial charge in [0.25, 0.3) is 0 Å². The van der Waals surface area contributed by atoms with Crippen LogP contribution in [0.5, 0.6) is 0 Å². The zero-order valence-electron chi connectivity index (χ0n) is 25.6. The van der Waals surface area contributed by atoms with Crippen molar-refractivity contribution >= 4 is 54.6 Å². The maximum absolute atomic E-state index is 6.81. The van der Waals surface area contributed by atoms with Crippen LogP contribution in [0.3, 0.4) is 0 Å². The highest BCUT2D eigenvalue weighted by Crippen LogP contribution is 2.46. The van der Waals surface area contributed by atoms with Gasteiger partial charge in [-0.15, -0.1) is 0 Å². The van der Waals surface area contributed by atoms with Gasteiger partial charge in [0, 0.05) is 49.4 Å². The van der Waals surface area contributed by atoms with Crippen LogP contribution >= 0.6 is 0 Å². The molecule has 0 atom stereocenters. The van der Waals surface area contributed by atoms with Crippen LogP contribution in [-0.2, 0) is 0 Å². The Morgan fingerprint density at radius 3 is 1.73 bits per heavy atom. The molecular weight excluding hydrogens is 590 g/mol. The molecule has 0 aliphatic rings. The van der Waals surface area contributed by atoms with Crippen LogP contribution in [-0.4, -0.2) is 15.0 Å². The van der Waals surface area contributed by atoms with Gasteiger partial charge in [0.2, 0.25) is 0 Å². The van der Waals surface area contributed by atoms with E-state index in [2.05, 4.69) is 66.7 Å². The molecule has 10 rings (SSSR count). The number of benzene rings is 7. The largest absolute Gasteiger partial charge is 0.456 e. The van der Waals surface area contributed by atoms with Crippen molar-refractivity contribution in [3.63, 3.8) is 0 Å². The molecule has 0 fully saturated rings. The Balaban J connectivity index is 1.27. The molecular formula is C43H25N3O2. The number of para-hydroxylation sites is 2. The first-order chi connectivity index (χ1) is 23.8. The summed E-state index contributed by atoms with van der Waals surface area (Å²) in [5.74, 6) is 1.83. The Hall–Kier alpha value is -6.59. The second kappa shape index (κ2) is 10.5. The Kier molecular flexibility index (Phi) is 5.81. The van der Waals surface area contributed by atoms with E-state index in [1.165, 1.54) is 0 Å². The van der Waals surface area contributed by atoms with Crippen molar-refractivity contribution < 1.29 is 8.83 Å². The summed E-state index contributed by atoms with van der Waals surface area (Å²) in [6.45, 7) is 0. The molecule has 5 heteroatoms. The Morgan fingerprint density at radius 2 is 0.958 bits per heavy atom. The molecule has 0 aliphatic heterocycles. The van der Waals surface area contributed by atoms with Crippen molar-refractivity contribution in [3.05, 3.63) is 152 Å². The van der Waals surface area contributed by atoms with Gasteiger partial charge in [-0.3, -0.25) is 0 Å². The molecule has 0 radical (unpaired) electrons. The molecule has 5 nitrogen and oxygen atoms in total. The number of nitrogens with zero attached hydrogens (tertiary/aromatic N) is 3. The number of rotatable bonds is 4. The van der Waals surface area contributed by atoms with Crippen LogP contribution < -0.4 is 0 Å². The van der Waals surface area contributed by atoms with Crippen LogP contribution in [0.2, 0.25) is 0 Å². The highest BCUT2D eigenvalue weighted by molar-refractivity contribution is 6.24. The number of fused-ring (bicyclic) bond motifs is 7. The third-order valence-corrected chi connectivity index (χ3v) is 9.12. The van der Waals surface area contributed by atoms with Gasteiger partial charge >= 0.3 is 0 Å². The first kappa shape index (κ1) is 26.6. The standard InChI is InChI=1S/C43H25N3O2/c1-3-13-26(14-4-1)41-44-42(27-15-5-2-6-16-27)46-43(45-41)33-22-12-24-35-37(33)31-20-11-21-32(40(31)48-35)38-29-18-8-7-17-28(29)25-36-39(38)30-19-9-10-23-34(30)47-36/h1-25H. The molecule has 0 bridgehead atoms. The van der Waals surface area contributed by atoms with Gasteiger partial charge in [-0.05, 0) is 29.0 Å². The fourth-order valence-corrected chi connectivity index (χ4v) is 6.99. The molecule has 0 amide bonds. The predicted molar refractivity (Wildman–Crippen MR) is 194 cm³/mol. The quantitative estimate of drug-likeness (QED) is 0.197. The number of hydrogen-bond donors (Lipinski definition) is 0. The predicted octanol–water partition coefficient (Wildman–Crippen LogP) is 11.5. The van der Waals surface area contributed by atoms with E-state index < -0.39 is 0 Å². The van der Waals surface area contributed by atoms with Crippen molar-refractivity contribution in [3.8, 4) is 45.3 Å². The Bertz CT molecular complexity index is 2780. The first-order valence-electron chi connectivity index (χ1n) is 15.9. The lowest BCUT2D eigenvalue weighted by molar-refractivity contribution is 0.669. The minimum absolute atomic E-state index is 0.592. The second-order valence-electron chi connectivity index (χ2n) is 11.9. The van der Waals surface area contributed by atoms with E-state index in [4.69, 9.17) is 23.8 Å². The van der Waals surface area contributed by atoms with Gasteiger partial charge < -0.3 is 8.83 Å². The van der Waals surface area contributed by atoms with E-state index in [0.29, 0.717) is 17.5 Å². The number of furan rings is 2. The van der Waals surface area contributed by atoms with E-state index in [1.54, 1.807) is 0 Å². The van der Waals surface area contributed by atoms with Crippen LogP contribution in [0.25, 0.3) is 99.9 Å². The molecule has 3 aromatic heterocycles. The summed E-state index contributed by atoms with van der Waals surface area (Å²) in [5, 5.41) is 6.37. The molecule has 48 heavy (non-hydrogen) atoms. The second-order valence-corrected chi connectivity index (χ2v) is 11.9. The molecule has 10 aromatic rings. The molecule has 3 heterocycles. The van der Waals surface area contributed by atoms with Crippen LogP contribution in [0.15, 0.2) is 160 Å². The fraction of sp³-hybridized carbons (Fsp3) is 0. The number of aromatic nitrogens is 3. The molecule has 0 spiro atoms. The molecule has 0 unspecified atom stereocenters. The number of hydrogen-bond acceptors (Lipinski definition) is 5. The summed E-state index contributed by atoms with van der Waals surface area (Å²) in [5.41, 5.74) is 8.14. The summed E-state index contributed by atoms with van der Waals surface area (Å²) in [6, 6.07) is 51.4. The highest BCUT2D eigenvalue weighted by Gasteiger charge is 2.22. The van der Waals surface area contributed by atoms with Gasteiger partial charge in [0.1, 0.15) is 22.3 Å². The van der Waals surface area contributed by atoms with Gasteiger partial charge in [-0.2, -0.15) is 0 Å². The average Bonchev–Trinajstić information content (AvgIpc) is 3.73. The zero-order chi connectivity index (χ0) is 31.6. The molecule has 0 saturated carbocycles. The molecule has 7 aromatic carbocycles. The van der Waals surface area contributed by atoms with E-state index in [0.717, 1.165) is 82.5 Å². The topological polar surface area (TPSA) is 65.0 Å². The van der Waals surface area contributed by atoms with Gasteiger partial charge in [0.15, 0.2) is 17.5 Å². The van der Waals surface area contributed by atoms with Crippen molar-refractivity contribution in [2.75, 3.05) is 0 Å². The molecule has 0 saturated heterocycles. The third-order valence-electron chi connectivity index (χ3n) is 9.12. The summed E-state index contributed by atoms with van der Waals surface area (Å²) < 4.78 is 13.2. The summed E-state index contributed by atoms with van der Waals surface area (Å²) in [4.78, 5) is 15.0. The first-order valence-corrected chi connectivity index (χ1v) is 15.9. The summed E-state index contributed by atoms with van der Waals surface area (Å²) >= 11 is 0. The van der Waals surface area contributed by atoms with Crippen molar-refractivity contribution in [1.29, 1.82) is 0 Å². The lowest BCUT2D eigenvalue weighted by Crippen LogP contribution is -2.00. The van der Waals surface area contributed by atoms with Gasteiger partial charge in [0.05, 0.1) is 0 Å². The minimum atomic E-state index is 0.592. The van der Waals surface area contributed by atoms with Crippen LogP contribution in [0.1, 0.15) is 0 Å². The maximum atomic E-state index is 6.81. The van der Waals surface area contributed by atoms with Gasteiger partial charge in [-0.1, -0.05) is 133 Å². The highest BCUT2D eigenvalue weighted by atomic mass is 16.3. The SMILES string of the molecule is c1ccc(-c2nc(-c3ccccc3)nc(-c3cccc4oc5c(-c6c7ccccc7cc7oc8ccccc8c67)cccc5c34)n2)cc1. The van der Waals surface area contributed by atoms with Crippen LogP contribution in [0, 0.1) is 0 Å². The lowest BCUT2D eigenvalue weighted by atomic mass is 9.92.